The van der Waals surface area contributed by atoms with E-state index in [4.69, 9.17) is 5.11 Å². The summed E-state index contributed by atoms with van der Waals surface area (Å²) >= 11 is 0. The Hall–Kier alpha value is -1.58. The molecule has 0 radical (unpaired) electrons. The molecule has 0 bridgehead atoms. The van der Waals surface area contributed by atoms with Crippen molar-refractivity contribution in [1.82, 2.24) is 4.98 Å². The molecule has 1 aliphatic carbocycles. The number of aromatic carboxylic acids is 1. The number of carboxylic acid groups (broad SMARTS) is 1. The third-order valence-corrected chi connectivity index (χ3v) is 4.05. The number of nitrogens with zero attached hydrogens (tertiary/aromatic N) is 2. The molecule has 0 aromatic carbocycles. The van der Waals surface area contributed by atoms with E-state index in [0.717, 1.165) is 18.8 Å². The molecule has 0 unspecified atom stereocenters. The average Bonchev–Trinajstić information content (AvgIpc) is 2.76. The van der Waals surface area contributed by atoms with Gasteiger partial charge in [-0.05, 0) is 18.9 Å². The van der Waals surface area contributed by atoms with E-state index in [9.17, 15) is 4.79 Å². The highest BCUT2D eigenvalue weighted by Gasteiger charge is 2.44. The predicted molar refractivity (Wildman–Crippen MR) is 64.3 cm³/mol. The number of aromatic nitrogens is 1. The van der Waals surface area contributed by atoms with E-state index in [1.165, 1.54) is 31.9 Å². The van der Waals surface area contributed by atoms with Crippen LogP contribution in [0, 0.1) is 5.41 Å². The normalized spacial score (nSPS) is 21.5. The second kappa shape index (κ2) is 3.72. The first-order valence-electron chi connectivity index (χ1n) is 6.12. The minimum absolute atomic E-state index is 0.273. The van der Waals surface area contributed by atoms with Crippen LogP contribution < -0.4 is 4.90 Å². The van der Waals surface area contributed by atoms with E-state index in [2.05, 4.69) is 9.88 Å². The van der Waals surface area contributed by atoms with Crippen LogP contribution in [0.4, 0.5) is 5.69 Å². The Labute approximate surface area is 100 Å². The van der Waals surface area contributed by atoms with Crippen molar-refractivity contribution in [2.75, 3.05) is 18.0 Å². The molecular formula is C13H16N2O2. The van der Waals surface area contributed by atoms with Crippen molar-refractivity contribution in [3.63, 3.8) is 0 Å². The highest BCUT2D eigenvalue weighted by atomic mass is 16.4. The van der Waals surface area contributed by atoms with Crippen LogP contribution in [0.2, 0.25) is 0 Å². The van der Waals surface area contributed by atoms with E-state index in [1.807, 2.05) is 0 Å². The number of hydrogen-bond acceptors (Lipinski definition) is 3. The zero-order valence-electron chi connectivity index (χ0n) is 9.72. The zero-order valence-corrected chi connectivity index (χ0v) is 9.72. The van der Waals surface area contributed by atoms with Crippen LogP contribution in [0.5, 0.6) is 0 Å². The number of carboxylic acids is 1. The SMILES string of the molecule is O=C(O)c1cncc(N2CC3(CCCC3)C2)c1. The molecule has 90 valence electrons. The summed E-state index contributed by atoms with van der Waals surface area (Å²) in [4.78, 5) is 17.1. The van der Waals surface area contributed by atoms with Crippen molar-refractivity contribution in [2.24, 2.45) is 5.41 Å². The van der Waals surface area contributed by atoms with E-state index in [1.54, 1.807) is 12.3 Å². The molecule has 0 amide bonds. The summed E-state index contributed by atoms with van der Waals surface area (Å²) in [5.41, 5.74) is 1.75. The molecule has 2 aliphatic rings. The molecule has 4 heteroatoms. The Bertz CT molecular complexity index is 444. The van der Waals surface area contributed by atoms with Crippen LogP contribution in [-0.4, -0.2) is 29.1 Å². The monoisotopic (exact) mass is 232 g/mol. The molecule has 17 heavy (non-hydrogen) atoms. The van der Waals surface area contributed by atoms with Gasteiger partial charge >= 0.3 is 5.97 Å². The lowest BCUT2D eigenvalue weighted by molar-refractivity contribution is 0.0696. The maximum absolute atomic E-state index is 10.9. The fourth-order valence-electron chi connectivity index (χ4n) is 3.10. The van der Waals surface area contributed by atoms with Gasteiger partial charge in [0.05, 0.1) is 17.4 Å². The lowest BCUT2D eigenvalue weighted by Crippen LogP contribution is -2.55. The highest BCUT2D eigenvalue weighted by Crippen LogP contribution is 2.46. The molecule has 1 aromatic rings. The van der Waals surface area contributed by atoms with E-state index in [0.29, 0.717) is 5.41 Å². The first-order valence-corrected chi connectivity index (χ1v) is 6.12. The molecule has 1 saturated heterocycles. The average molecular weight is 232 g/mol. The smallest absolute Gasteiger partial charge is 0.337 e. The van der Waals surface area contributed by atoms with E-state index in [-0.39, 0.29) is 5.56 Å². The van der Waals surface area contributed by atoms with Crippen LogP contribution in [-0.2, 0) is 0 Å². The number of pyridine rings is 1. The van der Waals surface area contributed by atoms with Gasteiger partial charge in [0.1, 0.15) is 0 Å². The van der Waals surface area contributed by atoms with Crippen LogP contribution in [0.1, 0.15) is 36.0 Å². The van der Waals surface area contributed by atoms with Crippen molar-refractivity contribution in [3.05, 3.63) is 24.0 Å². The Morgan fingerprint density at radius 3 is 2.65 bits per heavy atom. The van der Waals surface area contributed by atoms with E-state index >= 15 is 0 Å². The van der Waals surface area contributed by atoms with Gasteiger partial charge in [0.15, 0.2) is 0 Å². The number of hydrogen-bond donors (Lipinski definition) is 1. The van der Waals surface area contributed by atoms with Gasteiger partial charge in [-0.25, -0.2) is 4.79 Å². The molecule has 1 aromatic heterocycles. The molecule has 3 rings (SSSR count). The topological polar surface area (TPSA) is 53.4 Å². The summed E-state index contributed by atoms with van der Waals surface area (Å²) in [6, 6.07) is 1.72. The fourth-order valence-corrected chi connectivity index (χ4v) is 3.10. The van der Waals surface area contributed by atoms with Crippen molar-refractivity contribution in [1.29, 1.82) is 0 Å². The van der Waals surface area contributed by atoms with Crippen LogP contribution in [0.25, 0.3) is 0 Å². The standard InChI is InChI=1S/C13H16N2O2/c16-12(17)10-5-11(7-14-6-10)15-8-13(9-15)3-1-2-4-13/h5-7H,1-4,8-9H2,(H,16,17). The van der Waals surface area contributed by atoms with Gasteiger partial charge in [-0.2, -0.15) is 0 Å². The van der Waals surface area contributed by atoms with Crippen molar-refractivity contribution < 1.29 is 9.90 Å². The molecule has 2 fully saturated rings. The van der Waals surface area contributed by atoms with Gasteiger partial charge in [-0.15, -0.1) is 0 Å². The molecule has 1 saturated carbocycles. The molecule has 1 spiro atoms. The van der Waals surface area contributed by atoms with Gasteiger partial charge in [0.2, 0.25) is 0 Å². The first kappa shape index (κ1) is 10.6. The van der Waals surface area contributed by atoms with Crippen molar-refractivity contribution in [2.45, 2.75) is 25.7 Å². The minimum atomic E-state index is -0.907. The molecule has 1 N–H and O–H groups in total. The van der Waals surface area contributed by atoms with Crippen molar-refractivity contribution in [3.8, 4) is 0 Å². The fraction of sp³-hybridized carbons (Fsp3) is 0.538. The second-order valence-electron chi connectivity index (χ2n) is 5.30. The number of anilines is 1. The lowest BCUT2D eigenvalue weighted by Gasteiger charge is -2.49. The van der Waals surface area contributed by atoms with Gasteiger partial charge in [-0.1, -0.05) is 12.8 Å². The summed E-state index contributed by atoms with van der Waals surface area (Å²) in [5.74, 6) is -0.907. The van der Waals surface area contributed by atoms with Crippen LogP contribution >= 0.6 is 0 Å². The maximum Gasteiger partial charge on any atom is 0.337 e. The Balaban J connectivity index is 1.74. The largest absolute Gasteiger partial charge is 0.478 e. The summed E-state index contributed by atoms with van der Waals surface area (Å²) in [5, 5.41) is 8.93. The third kappa shape index (κ3) is 1.77. The molecule has 1 aliphatic heterocycles. The first-order chi connectivity index (χ1) is 8.19. The Morgan fingerprint density at radius 2 is 2.00 bits per heavy atom. The molecule has 2 heterocycles. The maximum atomic E-state index is 10.9. The zero-order chi connectivity index (χ0) is 11.9. The lowest BCUT2D eigenvalue weighted by atomic mass is 9.78. The Kier molecular flexibility index (Phi) is 2.31. The minimum Gasteiger partial charge on any atom is -0.478 e. The summed E-state index contributed by atoms with van der Waals surface area (Å²) in [6.45, 7) is 2.13. The second-order valence-corrected chi connectivity index (χ2v) is 5.30. The highest BCUT2D eigenvalue weighted by molar-refractivity contribution is 5.88. The van der Waals surface area contributed by atoms with Gasteiger partial charge in [0, 0.05) is 24.7 Å². The van der Waals surface area contributed by atoms with E-state index < -0.39 is 5.97 Å². The third-order valence-electron chi connectivity index (χ3n) is 4.05. The number of carbonyl (C=O) groups is 1. The quantitative estimate of drug-likeness (QED) is 0.849. The van der Waals surface area contributed by atoms with Gasteiger partial charge in [-0.3, -0.25) is 4.98 Å². The molecule has 4 nitrogen and oxygen atoms in total. The molecular weight excluding hydrogens is 216 g/mol. The van der Waals surface area contributed by atoms with Crippen LogP contribution in [0.3, 0.4) is 0 Å². The predicted octanol–water partition coefficient (Wildman–Crippen LogP) is 2.16. The number of rotatable bonds is 2. The Morgan fingerprint density at radius 1 is 1.29 bits per heavy atom. The van der Waals surface area contributed by atoms with Gasteiger partial charge < -0.3 is 10.0 Å². The summed E-state index contributed by atoms with van der Waals surface area (Å²) in [7, 11) is 0. The summed E-state index contributed by atoms with van der Waals surface area (Å²) in [6.07, 6.45) is 8.51. The van der Waals surface area contributed by atoms with Gasteiger partial charge in [0.25, 0.3) is 0 Å². The summed E-state index contributed by atoms with van der Waals surface area (Å²) < 4.78 is 0. The van der Waals surface area contributed by atoms with Crippen molar-refractivity contribution >= 4 is 11.7 Å². The molecule has 0 atom stereocenters. The van der Waals surface area contributed by atoms with Crippen LogP contribution in [0.15, 0.2) is 18.5 Å².